The Hall–Kier alpha value is -1.74. The Kier molecular flexibility index (Phi) is 6.06. The van der Waals surface area contributed by atoms with Crippen molar-refractivity contribution < 1.29 is 13.2 Å². The van der Waals surface area contributed by atoms with Crippen molar-refractivity contribution in [3.8, 4) is 0 Å². The number of nitrogens with one attached hydrogen (secondary N) is 2. The van der Waals surface area contributed by atoms with Gasteiger partial charge in [0.25, 0.3) is 0 Å². The van der Waals surface area contributed by atoms with Crippen LogP contribution in [0.3, 0.4) is 0 Å². The number of hydrogen-bond donors (Lipinski definition) is 2. The van der Waals surface area contributed by atoms with E-state index in [2.05, 4.69) is 39.2 Å². The van der Waals surface area contributed by atoms with Gasteiger partial charge >= 0.3 is 0 Å². The Bertz CT molecular complexity index is 945. The summed E-state index contributed by atoms with van der Waals surface area (Å²) in [6.45, 7) is 2.75. The summed E-state index contributed by atoms with van der Waals surface area (Å²) in [5.74, 6) is -0.126. The molecule has 0 spiro atoms. The lowest BCUT2D eigenvalue weighted by atomic mass is 9.97. The van der Waals surface area contributed by atoms with Crippen molar-refractivity contribution in [3.05, 3.63) is 52.9 Å². The Morgan fingerprint density at radius 1 is 1.10 bits per heavy atom. The minimum atomic E-state index is -3.54. The van der Waals surface area contributed by atoms with Gasteiger partial charge in [0.05, 0.1) is 6.54 Å². The summed E-state index contributed by atoms with van der Waals surface area (Å²) < 4.78 is 29.0. The van der Waals surface area contributed by atoms with Crippen molar-refractivity contribution in [1.82, 2.24) is 14.9 Å². The fourth-order valence-electron chi connectivity index (χ4n) is 4.51. The number of hydrogen-bond acceptors (Lipinski definition) is 5. The summed E-state index contributed by atoms with van der Waals surface area (Å²) in [4.78, 5) is 14.4. The first-order chi connectivity index (χ1) is 13.9. The number of sulfonamides is 1. The van der Waals surface area contributed by atoms with E-state index in [9.17, 15) is 13.2 Å². The third-order valence-corrected chi connectivity index (χ3v) is 8.93. The van der Waals surface area contributed by atoms with E-state index in [4.69, 9.17) is 0 Å². The van der Waals surface area contributed by atoms with Gasteiger partial charge in [0.1, 0.15) is 4.21 Å². The summed E-state index contributed by atoms with van der Waals surface area (Å²) in [5.41, 5.74) is 1.31. The molecule has 1 aromatic carbocycles. The standard InChI is InChI=1S/C21H27N3O3S2/c1-15(25)22-13-20-9-10-21(28-20)29(26,27)23-17-11-18-7-8-19(12-17)24(18)14-16-5-3-2-4-6-16/h2-6,9-10,17-19,23H,7-8,11-14H2,1H3,(H,22,25). The average molecular weight is 434 g/mol. The monoisotopic (exact) mass is 433 g/mol. The topological polar surface area (TPSA) is 78.5 Å². The van der Waals surface area contributed by atoms with Crippen LogP contribution in [0.4, 0.5) is 0 Å². The lowest BCUT2D eigenvalue weighted by Gasteiger charge is -2.39. The molecule has 29 heavy (non-hydrogen) atoms. The average Bonchev–Trinajstić information content (AvgIpc) is 3.24. The molecule has 2 saturated heterocycles. The SMILES string of the molecule is CC(=O)NCc1ccc(S(=O)(=O)NC2CC3CCC(C2)N3Cc2ccccc2)s1. The molecule has 2 aliphatic rings. The van der Waals surface area contributed by atoms with Gasteiger partial charge in [-0.05, 0) is 43.4 Å². The molecular weight excluding hydrogens is 406 g/mol. The van der Waals surface area contributed by atoms with Crippen LogP contribution in [0, 0.1) is 0 Å². The van der Waals surface area contributed by atoms with Gasteiger partial charge in [-0.2, -0.15) is 0 Å². The highest BCUT2D eigenvalue weighted by Crippen LogP contribution is 2.37. The van der Waals surface area contributed by atoms with Gasteiger partial charge in [0.15, 0.2) is 0 Å². The van der Waals surface area contributed by atoms with Crippen molar-refractivity contribution in [2.24, 2.45) is 0 Å². The molecule has 156 valence electrons. The van der Waals surface area contributed by atoms with Crippen LogP contribution in [0.25, 0.3) is 0 Å². The number of carbonyl (C=O) groups is 1. The van der Waals surface area contributed by atoms with Crippen LogP contribution in [0.2, 0.25) is 0 Å². The van der Waals surface area contributed by atoms with Crippen LogP contribution >= 0.6 is 11.3 Å². The summed E-state index contributed by atoms with van der Waals surface area (Å²) in [7, 11) is -3.54. The van der Waals surface area contributed by atoms with Crippen molar-refractivity contribution in [2.75, 3.05) is 0 Å². The molecule has 2 atom stereocenters. The van der Waals surface area contributed by atoms with Crippen molar-refractivity contribution >= 4 is 27.3 Å². The quantitative estimate of drug-likeness (QED) is 0.704. The van der Waals surface area contributed by atoms with Crippen LogP contribution in [-0.4, -0.2) is 37.4 Å². The van der Waals surface area contributed by atoms with E-state index < -0.39 is 10.0 Å². The molecule has 2 fully saturated rings. The minimum Gasteiger partial charge on any atom is -0.351 e. The highest BCUT2D eigenvalue weighted by atomic mass is 32.2. The molecule has 0 aliphatic carbocycles. The van der Waals surface area contributed by atoms with E-state index in [1.807, 2.05) is 6.07 Å². The second-order valence-corrected chi connectivity index (χ2v) is 11.1. The smallest absolute Gasteiger partial charge is 0.250 e. The van der Waals surface area contributed by atoms with Crippen LogP contribution in [0.5, 0.6) is 0 Å². The number of piperidine rings is 1. The van der Waals surface area contributed by atoms with Gasteiger partial charge in [0, 0.05) is 36.5 Å². The molecule has 2 unspecified atom stereocenters. The Morgan fingerprint density at radius 2 is 1.79 bits per heavy atom. The van der Waals surface area contributed by atoms with E-state index >= 15 is 0 Å². The fraction of sp³-hybridized carbons (Fsp3) is 0.476. The number of fused-ring (bicyclic) bond motifs is 2. The zero-order valence-electron chi connectivity index (χ0n) is 16.5. The largest absolute Gasteiger partial charge is 0.351 e. The predicted molar refractivity (Wildman–Crippen MR) is 114 cm³/mol. The van der Waals surface area contributed by atoms with Gasteiger partial charge in [-0.3, -0.25) is 9.69 Å². The molecule has 1 aromatic heterocycles. The van der Waals surface area contributed by atoms with Crippen LogP contribution < -0.4 is 10.0 Å². The molecule has 2 N–H and O–H groups in total. The summed E-state index contributed by atoms with van der Waals surface area (Å²) >= 11 is 1.21. The van der Waals surface area contributed by atoms with Gasteiger partial charge in [-0.25, -0.2) is 13.1 Å². The third-order valence-electron chi connectivity index (χ3n) is 5.83. The predicted octanol–water partition coefficient (Wildman–Crippen LogP) is 2.86. The second-order valence-electron chi connectivity index (χ2n) is 7.96. The molecule has 1 amide bonds. The van der Waals surface area contributed by atoms with E-state index in [1.165, 1.54) is 23.8 Å². The van der Waals surface area contributed by atoms with Crippen molar-refractivity contribution in [2.45, 2.75) is 68.0 Å². The van der Waals surface area contributed by atoms with E-state index in [1.54, 1.807) is 12.1 Å². The molecule has 2 aromatic rings. The second kappa shape index (κ2) is 8.55. The minimum absolute atomic E-state index is 0.0228. The molecule has 4 rings (SSSR count). The zero-order valence-corrected chi connectivity index (χ0v) is 18.1. The molecule has 0 radical (unpaired) electrons. The molecule has 6 nitrogen and oxygen atoms in total. The van der Waals surface area contributed by atoms with Crippen LogP contribution in [-0.2, 0) is 27.9 Å². The van der Waals surface area contributed by atoms with Gasteiger partial charge in [0.2, 0.25) is 15.9 Å². The number of nitrogens with zero attached hydrogens (tertiary/aromatic N) is 1. The molecule has 8 heteroatoms. The van der Waals surface area contributed by atoms with Crippen LogP contribution in [0.1, 0.15) is 43.0 Å². The molecular formula is C21H27N3O3S2. The van der Waals surface area contributed by atoms with Crippen molar-refractivity contribution in [1.29, 1.82) is 0 Å². The number of benzene rings is 1. The lowest BCUT2D eigenvalue weighted by Crippen LogP contribution is -2.49. The summed E-state index contributed by atoms with van der Waals surface area (Å²) in [6.07, 6.45) is 3.98. The lowest BCUT2D eigenvalue weighted by molar-refractivity contribution is -0.119. The Labute approximate surface area is 176 Å². The summed E-state index contributed by atoms with van der Waals surface area (Å²) in [5, 5.41) is 2.70. The fourth-order valence-corrected chi connectivity index (χ4v) is 7.08. The van der Waals surface area contributed by atoms with E-state index in [0.717, 1.165) is 37.1 Å². The van der Waals surface area contributed by atoms with Crippen molar-refractivity contribution in [3.63, 3.8) is 0 Å². The van der Waals surface area contributed by atoms with Gasteiger partial charge < -0.3 is 5.32 Å². The number of rotatable bonds is 7. The Morgan fingerprint density at radius 3 is 2.45 bits per heavy atom. The van der Waals surface area contributed by atoms with E-state index in [0.29, 0.717) is 22.8 Å². The summed E-state index contributed by atoms with van der Waals surface area (Å²) in [6, 6.07) is 14.7. The van der Waals surface area contributed by atoms with Crippen LogP contribution in [0.15, 0.2) is 46.7 Å². The van der Waals surface area contributed by atoms with Gasteiger partial charge in [-0.15, -0.1) is 11.3 Å². The normalized spacial score (nSPS) is 24.5. The molecule has 3 heterocycles. The third kappa shape index (κ3) is 4.88. The number of thiophene rings is 1. The molecule has 2 aliphatic heterocycles. The number of carbonyl (C=O) groups excluding carboxylic acids is 1. The van der Waals surface area contributed by atoms with Gasteiger partial charge in [-0.1, -0.05) is 30.3 Å². The molecule has 2 bridgehead atoms. The first kappa shape index (κ1) is 20.5. The zero-order chi connectivity index (χ0) is 20.4. The highest BCUT2D eigenvalue weighted by Gasteiger charge is 2.41. The number of amides is 1. The first-order valence-electron chi connectivity index (χ1n) is 10.1. The Balaban J connectivity index is 1.38. The maximum Gasteiger partial charge on any atom is 0.250 e. The first-order valence-corrected chi connectivity index (χ1v) is 12.4. The molecule has 0 saturated carbocycles. The highest BCUT2D eigenvalue weighted by molar-refractivity contribution is 7.91. The maximum absolute atomic E-state index is 12.9. The maximum atomic E-state index is 12.9. The van der Waals surface area contributed by atoms with E-state index in [-0.39, 0.29) is 11.9 Å².